The monoisotopic (exact) mass is 468 g/mol. The minimum absolute atomic E-state index is 0.0397. The van der Waals surface area contributed by atoms with Crippen molar-refractivity contribution in [3.8, 4) is 11.1 Å². The van der Waals surface area contributed by atoms with Gasteiger partial charge in [-0.2, -0.15) is 11.8 Å². The van der Waals surface area contributed by atoms with Crippen molar-refractivity contribution in [3.05, 3.63) is 59.7 Å². The van der Waals surface area contributed by atoms with E-state index in [-0.39, 0.29) is 30.3 Å². The van der Waals surface area contributed by atoms with Crippen LogP contribution in [0.2, 0.25) is 0 Å². The van der Waals surface area contributed by atoms with E-state index in [1.165, 1.54) is 0 Å². The molecule has 3 atom stereocenters. The van der Waals surface area contributed by atoms with Crippen molar-refractivity contribution in [2.45, 2.75) is 24.8 Å². The predicted octanol–water partition coefficient (Wildman–Crippen LogP) is 3.48. The summed E-state index contributed by atoms with van der Waals surface area (Å²) in [4.78, 5) is 36.2. The first-order chi connectivity index (χ1) is 16.0. The number of alkyl carbamates (subject to hydrolysis) is 1. The molecule has 0 unspecified atom stereocenters. The molecule has 3 N–H and O–H groups in total. The number of carboxylic acid groups (broad SMARTS) is 1. The Hall–Kier alpha value is -3.00. The second-order valence-corrected chi connectivity index (χ2v) is 9.48. The molecule has 1 saturated carbocycles. The number of hydrogen-bond acceptors (Lipinski definition) is 5. The molecule has 2 aliphatic rings. The van der Waals surface area contributed by atoms with Crippen molar-refractivity contribution >= 4 is 29.7 Å². The van der Waals surface area contributed by atoms with Gasteiger partial charge < -0.3 is 20.5 Å². The van der Waals surface area contributed by atoms with Crippen LogP contribution in [0.25, 0.3) is 11.1 Å². The third-order valence-corrected chi connectivity index (χ3v) is 6.99. The van der Waals surface area contributed by atoms with Gasteiger partial charge in [0.05, 0.1) is 5.92 Å². The lowest BCUT2D eigenvalue weighted by atomic mass is 9.98. The van der Waals surface area contributed by atoms with Gasteiger partial charge in [-0.3, -0.25) is 9.59 Å². The fourth-order valence-corrected chi connectivity index (χ4v) is 4.89. The normalized spacial score (nSPS) is 19.2. The van der Waals surface area contributed by atoms with Crippen LogP contribution in [0.15, 0.2) is 48.5 Å². The Bertz CT molecular complexity index is 997. The zero-order chi connectivity index (χ0) is 23.4. The summed E-state index contributed by atoms with van der Waals surface area (Å²) in [6.07, 6.45) is 2.34. The number of nitrogens with one attached hydrogen (secondary N) is 2. The maximum absolute atomic E-state index is 12.6. The van der Waals surface area contributed by atoms with E-state index in [1.807, 2.05) is 30.5 Å². The summed E-state index contributed by atoms with van der Waals surface area (Å²) in [6, 6.07) is 15.5. The van der Waals surface area contributed by atoms with E-state index in [9.17, 15) is 14.4 Å². The van der Waals surface area contributed by atoms with Crippen LogP contribution in [0.4, 0.5) is 4.79 Å². The Morgan fingerprint density at radius 1 is 1.09 bits per heavy atom. The minimum Gasteiger partial charge on any atom is -0.481 e. The van der Waals surface area contributed by atoms with Gasteiger partial charge in [0.2, 0.25) is 5.91 Å². The molecule has 0 radical (unpaired) electrons. The number of carbonyl (C=O) groups excluding carboxylic acids is 2. The molecule has 0 heterocycles. The summed E-state index contributed by atoms with van der Waals surface area (Å²) in [7, 11) is 0. The van der Waals surface area contributed by atoms with Crippen molar-refractivity contribution in [2.24, 2.45) is 11.8 Å². The fraction of sp³-hybridized carbons (Fsp3) is 0.400. The summed E-state index contributed by atoms with van der Waals surface area (Å²) in [5.41, 5.74) is 4.55. The van der Waals surface area contributed by atoms with Crippen molar-refractivity contribution < 1.29 is 24.2 Å². The summed E-state index contributed by atoms with van der Waals surface area (Å²) in [5.74, 6) is -0.918. The fourth-order valence-electron chi connectivity index (χ4n) is 4.42. The third kappa shape index (κ3) is 5.33. The first kappa shape index (κ1) is 23.2. The Morgan fingerprint density at radius 2 is 1.73 bits per heavy atom. The average molecular weight is 469 g/mol. The van der Waals surface area contributed by atoms with E-state index in [0.717, 1.165) is 22.3 Å². The van der Waals surface area contributed by atoms with Gasteiger partial charge in [-0.25, -0.2) is 4.79 Å². The summed E-state index contributed by atoms with van der Waals surface area (Å²) in [5, 5.41) is 14.5. The van der Waals surface area contributed by atoms with Crippen LogP contribution in [0, 0.1) is 11.8 Å². The van der Waals surface area contributed by atoms with Crippen molar-refractivity contribution in [3.63, 3.8) is 0 Å². The molecular formula is C25H28N2O5S. The van der Waals surface area contributed by atoms with E-state index >= 15 is 0 Å². The summed E-state index contributed by atoms with van der Waals surface area (Å²) < 4.78 is 5.57. The lowest BCUT2D eigenvalue weighted by Gasteiger charge is -2.19. The molecule has 2 aromatic rings. The zero-order valence-electron chi connectivity index (χ0n) is 18.5. The quantitative estimate of drug-likeness (QED) is 0.493. The van der Waals surface area contributed by atoms with Gasteiger partial charge in [0, 0.05) is 12.5 Å². The molecule has 0 spiro atoms. The molecule has 0 aliphatic heterocycles. The Kier molecular flexibility index (Phi) is 7.23. The molecule has 0 saturated heterocycles. The van der Waals surface area contributed by atoms with Gasteiger partial charge in [-0.1, -0.05) is 48.5 Å². The molecule has 4 rings (SSSR count). The molecule has 174 valence electrons. The third-order valence-electron chi connectivity index (χ3n) is 6.34. The standard InChI is InChI=1S/C25H28N2O5S/c1-33-11-10-22(23(28)26-13-15-12-20(15)24(29)30)27-25(31)32-14-21-18-8-4-2-6-16(18)17-7-3-5-9-19(17)21/h2-9,15,20-22H,10-14H2,1H3,(H,26,28)(H,27,31)(H,29,30)/t15-,20-,22+/m1/s1. The molecule has 1 fully saturated rings. The molecule has 2 amide bonds. The number of carbonyl (C=O) groups is 3. The van der Waals surface area contributed by atoms with Crippen molar-refractivity contribution in [2.75, 3.05) is 25.2 Å². The van der Waals surface area contributed by atoms with Crippen LogP contribution in [0.3, 0.4) is 0 Å². The van der Waals surface area contributed by atoms with Crippen LogP contribution >= 0.6 is 11.8 Å². The van der Waals surface area contributed by atoms with E-state index < -0.39 is 18.1 Å². The lowest BCUT2D eigenvalue weighted by molar-refractivity contribution is -0.139. The van der Waals surface area contributed by atoms with E-state index in [1.54, 1.807) is 11.8 Å². The van der Waals surface area contributed by atoms with Crippen molar-refractivity contribution in [1.82, 2.24) is 10.6 Å². The van der Waals surface area contributed by atoms with Crippen LogP contribution in [-0.4, -0.2) is 54.3 Å². The highest BCUT2D eigenvalue weighted by atomic mass is 32.2. The Morgan fingerprint density at radius 3 is 2.30 bits per heavy atom. The molecule has 2 aliphatic carbocycles. The van der Waals surface area contributed by atoms with Crippen LogP contribution < -0.4 is 10.6 Å². The van der Waals surface area contributed by atoms with E-state index in [0.29, 0.717) is 25.1 Å². The number of amides is 2. The predicted molar refractivity (Wildman–Crippen MR) is 127 cm³/mol. The molecule has 2 aromatic carbocycles. The molecule has 7 nitrogen and oxygen atoms in total. The first-order valence-electron chi connectivity index (χ1n) is 11.1. The molecule has 33 heavy (non-hydrogen) atoms. The smallest absolute Gasteiger partial charge is 0.407 e. The van der Waals surface area contributed by atoms with E-state index in [4.69, 9.17) is 9.84 Å². The van der Waals surface area contributed by atoms with Gasteiger partial charge in [0.1, 0.15) is 12.6 Å². The second-order valence-electron chi connectivity index (χ2n) is 8.49. The maximum Gasteiger partial charge on any atom is 0.407 e. The topological polar surface area (TPSA) is 105 Å². The number of hydrogen-bond donors (Lipinski definition) is 3. The van der Waals surface area contributed by atoms with Crippen LogP contribution in [-0.2, 0) is 14.3 Å². The number of ether oxygens (including phenoxy) is 1. The number of carboxylic acids is 1. The summed E-state index contributed by atoms with van der Waals surface area (Å²) in [6.45, 7) is 0.483. The van der Waals surface area contributed by atoms with E-state index in [2.05, 4.69) is 34.9 Å². The molecule has 0 aromatic heterocycles. The highest BCUT2D eigenvalue weighted by Gasteiger charge is 2.43. The Balaban J connectivity index is 1.34. The number of rotatable bonds is 10. The van der Waals surface area contributed by atoms with Gasteiger partial charge in [0.15, 0.2) is 0 Å². The van der Waals surface area contributed by atoms with Crippen LogP contribution in [0.1, 0.15) is 29.9 Å². The van der Waals surface area contributed by atoms with Crippen LogP contribution in [0.5, 0.6) is 0 Å². The molecule has 0 bridgehead atoms. The Labute approximate surface area is 197 Å². The lowest BCUT2D eigenvalue weighted by Crippen LogP contribution is -2.48. The van der Waals surface area contributed by atoms with Gasteiger partial charge in [0.25, 0.3) is 0 Å². The number of benzene rings is 2. The molecule has 8 heteroatoms. The first-order valence-corrected chi connectivity index (χ1v) is 12.5. The highest BCUT2D eigenvalue weighted by molar-refractivity contribution is 7.98. The summed E-state index contributed by atoms with van der Waals surface area (Å²) >= 11 is 1.58. The SMILES string of the molecule is CSCC[C@H](NC(=O)OCC1c2ccccc2-c2ccccc21)C(=O)NC[C@H]1C[C@H]1C(=O)O. The highest BCUT2D eigenvalue weighted by Crippen LogP contribution is 2.44. The van der Waals surface area contributed by atoms with Gasteiger partial charge >= 0.3 is 12.1 Å². The largest absolute Gasteiger partial charge is 0.481 e. The van der Waals surface area contributed by atoms with Gasteiger partial charge in [-0.05, 0) is 53.0 Å². The second kappa shape index (κ2) is 10.3. The number of aliphatic carboxylic acids is 1. The zero-order valence-corrected chi connectivity index (χ0v) is 19.3. The minimum atomic E-state index is -0.829. The number of fused-ring (bicyclic) bond motifs is 3. The maximum atomic E-state index is 12.6. The molecular weight excluding hydrogens is 440 g/mol. The average Bonchev–Trinajstić information content (AvgIpc) is 3.54. The van der Waals surface area contributed by atoms with Gasteiger partial charge in [-0.15, -0.1) is 0 Å². The number of thioether (sulfide) groups is 1. The van der Waals surface area contributed by atoms with Crippen molar-refractivity contribution in [1.29, 1.82) is 0 Å².